The molecule has 0 unspecified atom stereocenters. The number of hydrogen-bond acceptors (Lipinski definition) is 3. The van der Waals surface area contributed by atoms with E-state index in [2.05, 4.69) is 611 Å². The fourth-order valence-corrected chi connectivity index (χ4v) is 23.0. The van der Waals surface area contributed by atoms with Crippen molar-refractivity contribution in [2.75, 3.05) is 14.7 Å². The van der Waals surface area contributed by atoms with Gasteiger partial charge < -0.3 is 28.4 Å². The van der Waals surface area contributed by atoms with E-state index in [4.69, 9.17) is 0 Å². The van der Waals surface area contributed by atoms with Crippen molar-refractivity contribution in [3.63, 3.8) is 0 Å². The Morgan fingerprint density at radius 1 is 0.107 bits per heavy atom. The fourth-order valence-electron chi connectivity index (χ4n) is 23.0. The van der Waals surface area contributed by atoms with Crippen LogP contribution in [-0.4, -0.2) is 13.7 Å². The van der Waals surface area contributed by atoms with Crippen LogP contribution in [0.15, 0.2) is 582 Å². The third-order valence-electron chi connectivity index (χ3n) is 30.4. The van der Waals surface area contributed by atoms with Gasteiger partial charge in [-0.25, -0.2) is 0 Å². The third kappa shape index (κ3) is 15.9. The van der Waals surface area contributed by atoms with Crippen molar-refractivity contribution in [2.45, 2.75) is 0 Å². The van der Waals surface area contributed by atoms with Crippen LogP contribution in [0.4, 0.5) is 51.2 Å². The van der Waals surface area contributed by atoms with E-state index in [-0.39, 0.29) is 0 Å². The van der Waals surface area contributed by atoms with Crippen LogP contribution in [0.5, 0.6) is 0 Å². The molecule has 0 aliphatic heterocycles. The summed E-state index contributed by atoms with van der Waals surface area (Å²) in [5.74, 6) is 0. The third-order valence-corrected chi connectivity index (χ3v) is 30.4. The molecule has 150 heavy (non-hydrogen) atoms. The molecule has 0 aliphatic carbocycles. The van der Waals surface area contributed by atoms with E-state index in [1.165, 1.54) is 50.1 Å². The number of aromatic nitrogens is 3. The van der Waals surface area contributed by atoms with Crippen molar-refractivity contribution in [3.05, 3.63) is 582 Å². The maximum atomic E-state index is 2.56. The summed E-state index contributed by atoms with van der Waals surface area (Å²) in [6.45, 7) is 0. The molecule has 0 amide bonds. The number of rotatable bonds is 21. The molecular formula is C144H96N6. The molecule has 25 aromatic carbocycles. The number of nitrogens with zero attached hydrogens (tertiary/aromatic N) is 6. The summed E-state index contributed by atoms with van der Waals surface area (Å²) in [7, 11) is 0. The molecule has 0 N–H and O–H groups in total. The smallest absolute Gasteiger partial charge is 0.0542 e. The Labute approximate surface area is 870 Å². The van der Waals surface area contributed by atoms with E-state index >= 15 is 0 Å². The first kappa shape index (κ1) is 87.8. The minimum atomic E-state index is 0.923. The SMILES string of the molecule is c1ccc(-c2ccc(-c3ccc4c(c3)c3cc(N(c5cc(N(c6ccc7c(c6)c6cc(-c8ccc(-c9ccccc9)cc8)ccc6n7-c6ccc(-c7ccccc7)cc6)c6cccc7ccccc67)cc(N(c6ccc7c(c6)c6cc(-c8ccc(-c9ccccc9)cc8)ccc6n7-c6ccc(-c7ccccc7)cc6)c6cccc7ccccc67)c5)c5cccc6ccccc56)ccc3n4-c3ccc(-c4ccccc4)cc3)cc2)cc1. The largest absolute Gasteiger partial charge is 0.310 e. The summed E-state index contributed by atoms with van der Waals surface area (Å²) >= 11 is 0. The Kier molecular flexibility index (Phi) is 21.9. The van der Waals surface area contributed by atoms with Gasteiger partial charge in [0.05, 0.1) is 67.2 Å². The molecule has 702 valence electrons. The van der Waals surface area contributed by atoms with Crippen molar-refractivity contribution in [1.29, 1.82) is 0 Å². The van der Waals surface area contributed by atoms with E-state index in [0.717, 1.165) is 216 Å². The number of anilines is 9. The molecule has 0 aliphatic rings. The Morgan fingerprint density at radius 3 is 0.513 bits per heavy atom. The molecule has 3 aromatic heterocycles. The summed E-state index contributed by atoms with van der Waals surface area (Å²) in [5, 5.41) is 13.3. The van der Waals surface area contributed by atoms with Gasteiger partial charge in [-0.1, -0.05) is 419 Å². The van der Waals surface area contributed by atoms with Gasteiger partial charge in [0.25, 0.3) is 0 Å². The van der Waals surface area contributed by atoms with Crippen LogP contribution in [-0.2, 0) is 0 Å². The van der Waals surface area contributed by atoms with Gasteiger partial charge in [-0.15, -0.1) is 0 Å². The lowest BCUT2D eigenvalue weighted by Crippen LogP contribution is -2.17. The van der Waals surface area contributed by atoms with Gasteiger partial charge in [0.2, 0.25) is 0 Å². The molecule has 3 heterocycles. The first-order valence-electron chi connectivity index (χ1n) is 51.5. The standard InChI is InChI=1S/C144H96N6/c1-7-28-97(29-8-1)103-52-58-109(59-53-103)115-70-82-139-130(88-115)133-94-121(79-85-142(133)148(139)118-73-64-106(65-74-118)100-34-13-4-14-35-100)145(136-49-25-43-112-40-19-22-46-127(112)136)124-91-125(146(137-50-26-44-113-41-20-23-47-128(113)137)122-80-86-143-134(95-122)131-89-116(110-60-54-104(55-61-110)98-30-9-2-10-31-98)71-83-140(131)149(143)119-75-66-107(67-76-119)101-36-15-5-16-37-101)93-126(92-124)147(138-51-27-45-114-42-21-24-48-129(114)138)123-81-87-144-135(96-123)132-90-117(111-62-56-105(57-63-111)99-32-11-3-12-33-99)72-84-141(132)150(144)120-77-68-108(69-78-120)102-38-17-6-18-39-102/h1-96H. The minimum absolute atomic E-state index is 0.923. The first-order chi connectivity index (χ1) is 74.3. The van der Waals surface area contributed by atoms with Crippen LogP contribution in [0.25, 0.3) is 215 Å². The highest BCUT2D eigenvalue weighted by atomic mass is 15.2. The molecule has 6 heteroatoms. The molecule has 6 nitrogen and oxygen atoms in total. The minimum Gasteiger partial charge on any atom is -0.310 e. The van der Waals surface area contributed by atoms with Crippen LogP contribution < -0.4 is 14.7 Å². The lowest BCUT2D eigenvalue weighted by Gasteiger charge is -2.34. The average molecular weight is 1910 g/mol. The summed E-state index contributed by atoms with van der Waals surface area (Å²) in [6, 6.07) is 216. The molecule has 0 saturated heterocycles. The normalized spacial score (nSPS) is 11.6. The quantitative estimate of drug-likeness (QED) is 0.0717. The molecule has 28 rings (SSSR count). The molecule has 28 aromatic rings. The first-order valence-corrected chi connectivity index (χ1v) is 51.5. The highest BCUT2D eigenvalue weighted by Gasteiger charge is 2.30. The number of hydrogen-bond donors (Lipinski definition) is 0. The van der Waals surface area contributed by atoms with Crippen molar-refractivity contribution >= 4 is 149 Å². The maximum Gasteiger partial charge on any atom is 0.0542 e. The average Bonchev–Trinajstić information content (AvgIpc) is 1.58. The van der Waals surface area contributed by atoms with Crippen LogP contribution in [0.3, 0.4) is 0 Å². The maximum absolute atomic E-state index is 2.56. The lowest BCUT2D eigenvalue weighted by molar-refractivity contribution is 1.18. The molecule has 0 saturated carbocycles. The van der Waals surface area contributed by atoms with Gasteiger partial charge in [-0.3, -0.25) is 0 Å². The van der Waals surface area contributed by atoms with Crippen LogP contribution in [0.1, 0.15) is 0 Å². The molecule has 0 bridgehead atoms. The van der Waals surface area contributed by atoms with Crippen LogP contribution in [0.2, 0.25) is 0 Å². The monoisotopic (exact) mass is 1910 g/mol. The molecule has 0 atom stereocenters. The second-order valence-corrected chi connectivity index (χ2v) is 39.1. The lowest BCUT2D eigenvalue weighted by atomic mass is 9.99. The second-order valence-electron chi connectivity index (χ2n) is 39.1. The summed E-state index contributed by atoms with van der Waals surface area (Å²) in [5.41, 5.74) is 39.3. The van der Waals surface area contributed by atoms with E-state index in [0.29, 0.717) is 0 Å². The van der Waals surface area contributed by atoms with Crippen molar-refractivity contribution in [2.24, 2.45) is 0 Å². The zero-order valence-corrected chi connectivity index (χ0v) is 82.1. The predicted molar refractivity (Wildman–Crippen MR) is 635 cm³/mol. The van der Waals surface area contributed by atoms with E-state index in [9.17, 15) is 0 Å². The van der Waals surface area contributed by atoms with Crippen LogP contribution >= 0.6 is 0 Å². The van der Waals surface area contributed by atoms with Crippen molar-refractivity contribution < 1.29 is 0 Å². The highest BCUT2D eigenvalue weighted by Crippen LogP contribution is 2.54. The Bertz CT molecular complexity index is 9060. The summed E-state index contributed by atoms with van der Waals surface area (Å²) < 4.78 is 7.41. The molecule has 0 radical (unpaired) electrons. The van der Waals surface area contributed by atoms with E-state index in [1.54, 1.807) is 0 Å². The molecular weight excluding hydrogens is 1810 g/mol. The van der Waals surface area contributed by atoms with Crippen molar-refractivity contribution in [3.8, 4) is 117 Å². The second kappa shape index (κ2) is 37.4. The zero-order valence-electron chi connectivity index (χ0n) is 82.1. The Hall–Kier alpha value is -19.9. The Morgan fingerprint density at radius 2 is 0.280 bits per heavy atom. The molecule has 0 spiro atoms. The zero-order chi connectivity index (χ0) is 99.1. The van der Waals surface area contributed by atoms with Gasteiger partial charge in [-0.2, -0.15) is 0 Å². The fraction of sp³-hybridized carbons (Fsp3) is 0. The summed E-state index contributed by atoms with van der Waals surface area (Å²) in [6.07, 6.45) is 0. The van der Waals surface area contributed by atoms with E-state index in [1.807, 2.05) is 0 Å². The van der Waals surface area contributed by atoms with Gasteiger partial charge in [0.15, 0.2) is 0 Å². The predicted octanol–water partition coefficient (Wildman–Crippen LogP) is 39.8. The Balaban J connectivity index is 0.718. The van der Waals surface area contributed by atoms with Gasteiger partial charge in [-0.05, 0) is 280 Å². The van der Waals surface area contributed by atoms with Crippen molar-refractivity contribution in [1.82, 2.24) is 13.7 Å². The van der Waals surface area contributed by atoms with Gasteiger partial charge in [0, 0.05) is 82.6 Å². The van der Waals surface area contributed by atoms with Crippen LogP contribution in [0, 0.1) is 0 Å². The van der Waals surface area contributed by atoms with E-state index < -0.39 is 0 Å². The summed E-state index contributed by atoms with van der Waals surface area (Å²) in [4.78, 5) is 7.68. The number of fused-ring (bicyclic) bond motifs is 12. The van der Waals surface area contributed by atoms with Gasteiger partial charge in [0.1, 0.15) is 0 Å². The topological polar surface area (TPSA) is 24.5 Å². The van der Waals surface area contributed by atoms with Gasteiger partial charge >= 0.3 is 0 Å². The highest BCUT2D eigenvalue weighted by molar-refractivity contribution is 6.17. The molecule has 0 fully saturated rings. The number of benzene rings is 25.